The first-order valence-electron chi connectivity index (χ1n) is 4.28. The van der Waals surface area contributed by atoms with Gasteiger partial charge in [0, 0.05) is 10.9 Å². The summed E-state index contributed by atoms with van der Waals surface area (Å²) in [6.07, 6.45) is 2.11. The van der Waals surface area contributed by atoms with E-state index in [1.54, 1.807) is 13.3 Å². The minimum absolute atomic E-state index is 0.163. The number of benzene rings is 1. The van der Waals surface area contributed by atoms with Crippen molar-refractivity contribution in [3.05, 3.63) is 28.5 Å². The van der Waals surface area contributed by atoms with Crippen LogP contribution in [0.5, 0.6) is 0 Å². The van der Waals surface area contributed by atoms with Crippen molar-refractivity contribution in [2.24, 2.45) is 0 Å². The summed E-state index contributed by atoms with van der Waals surface area (Å²) in [5, 5.41) is 0. The van der Waals surface area contributed by atoms with Crippen molar-refractivity contribution in [3.8, 4) is 0 Å². The number of rotatable bonds is 2. The SMILES string of the molecule is CC(=O)Cc1cc(Br)c2nc[nH]c2c1. The highest BCUT2D eigenvalue weighted by molar-refractivity contribution is 9.10. The van der Waals surface area contributed by atoms with E-state index in [-0.39, 0.29) is 5.78 Å². The predicted octanol–water partition coefficient (Wildman–Crippen LogP) is 2.46. The summed E-state index contributed by atoms with van der Waals surface area (Å²) in [5.41, 5.74) is 2.86. The zero-order valence-electron chi connectivity index (χ0n) is 7.67. The van der Waals surface area contributed by atoms with Crippen LogP contribution < -0.4 is 0 Å². The molecule has 72 valence electrons. The first-order valence-corrected chi connectivity index (χ1v) is 5.07. The Morgan fingerprint density at radius 2 is 2.36 bits per heavy atom. The summed E-state index contributed by atoms with van der Waals surface area (Å²) >= 11 is 3.42. The van der Waals surface area contributed by atoms with E-state index in [2.05, 4.69) is 25.9 Å². The second-order valence-electron chi connectivity index (χ2n) is 3.26. The molecule has 14 heavy (non-hydrogen) atoms. The second kappa shape index (κ2) is 3.53. The molecule has 2 aromatic rings. The monoisotopic (exact) mass is 252 g/mol. The first kappa shape index (κ1) is 9.40. The Kier molecular flexibility index (Phi) is 2.37. The first-order chi connectivity index (χ1) is 6.66. The van der Waals surface area contributed by atoms with Crippen LogP contribution in [0.15, 0.2) is 22.9 Å². The Hall–Kier alpha value is -1.16. The molecule has 0 saturated heterocycles. The minimum Gasteiger partial charge on any atom is -0.345 e. The van der Waals surface area contributed by atoms with Gasteiger partial charge < -0.3 is 4.98 Å². The van der Waals surface area contributed by atoms with Gasteiger partial charge in [0.25, 0.3) is 0 Å². The van der Waals surface area contributed by atoms with E-state index in [1.807, 2.05) is 12.1 Å². The van der Waals surface area contributed by atoms with Gasteiger partial charge in [0.15, 0.2) is 0 Å². The van der Waals surface area contributed by atoms with Crippen molar-refractivity contribution in [2.75, 3.05) is 0 Å². The molecule has 3 nitrogen and oxygen atoms in total. The maximum atomic E-state index is 11.0. The van der Waals surface area contributed by atoms with Gasteiger partial charge in [-0.2, -0.15) is 0 Å². The van der Waals surface area contributed by atoms with Gasteiger partial charge in [-0.3, -0.25) is 4.79 Å². The Bertz CT molecular complexity index is 490. The zero-order valence-corrected chi connectivity index (χ0v) is 9.26. The molecule has 0 radical (unpaired) electrons. The number of fused-ring (bicyclic) bond motifs is 1. The molecule has 1 aromatic heterocycles. The fraction of sp³-hybridized carbons (Fsp3) is 0.200. The number of halogens is 1. The van der Waals surface area contributed by atoms with E-state index < -0.39 is 0 Å². The van der Waals surface area contributed by atoms with Gasteiger partial charge in [-0.25, -0.2) is 4.98 Å². The number of aromatic nitrogens is 2. The molecular weight excluding hydrogens is 244 g/mol. The molecule has 0 spiro atoms. The lowest BCUT2D eigenvalue weighted by Crippen LogP contribution is -1.96. The topological polar surface area (TPSA) is 45.8 Å². The minimum atomic E-state index is 0.163. The van der Waals surface area contributed by atoms with Gasteiger partial charge in [-0.1, -0.05) is 0 Å². The van der Waals surface area contributed by atoms with Crippen LogP contribution in [-0.4, -0.2) is 15.8 Å². The van der Waals surface area contributed by atoms with Gasteiger partial charge in [-0.05, 0) is 40.5 Å². The van der Waals surface area contributed by atoms with Gasteiger partial charge in [0.2, 0.25) is 0 Å². The Balaban J connectivity index is 2.53. The highest BCUT2D eigenvalue weighted by Gasteiger charge is 2.05. The Morgan fingerprint density at radius 3 is 3.07 bits per heavy atom. The summed E-state index contributed by atoms with van der Waals surface area (Å²) in [6.45, 7) is 1.59. The second-order valence-corrected chi connectivity index (χ2v) is 4.11. The van der Waals surface area contributed by atoms with E-state index >= 15 is 0 Å². The zero-order chi connectivity index (χ0) is 10.1. The molecule has 0 saturated carbocycles. The highest BCUT2D eigenvalue weighted by atomic mass is 79.9. The Labute approximate surface area is 89.7 Å². The van der Waals surface area contributed by atoms with E-state index in [1.165, 1.54) is 0 Å². The largest absolute Gasteiger partial charge is 0.345 e. The number of imidazole rings is 1. The van der Waals surface area contributed by atoms with Crippen molar-refractivity contribution in [1.82, 2.24) is 9.97 Å². The van der Waals surface area contributed by atoms with Crippen molar-refractivity contribution in [3.63, 3.8) is 0 Å². The molecule has 0 bridgehead atoms. The van der Waals surface area contributed by atoms with Crippen LogP contribution in [0.3, 0.4) is 0 Å². The van der Waals surface area contributed by atoms with Crippen LogP contribution in [0.25, 0.3) is 11.0 Å². The molecule has 0 unspecified atom stereocenters. The molecule has 1 N–H and O–H groups in total. The third-order valence-corrected chi connectivity index (χ3v) is 2.59. The summed E-state index contributed by atoms with van der Waals surface area (Å²) < 4.78 is 0.924. The quantitative estimate of drug-likeness (QED) is 0.893. The molecule has 1 heterocycles. The summed E-state index contributed by atoms with van der Waals surface area (Å²) in [7, 11) is 0. The molecule has 0 aliphatic carbocycles. The molecule has 4 heteroatoms. The lowest BCUT2D eigenvalue weighted by atomic mass is 10.1. The maximum Gasteiger partial charge on any atom is 0.134 e. The molecule has 2 rings (SSSR count). The number of H-pyrrole nitrogens is 1. The number of hydrogen-bond acceptors (Lipinski definition) is 2. The van der Waals surface area contributed by atoms with Crippen LogP contribution in [0.4, 0.5) is 0 Å². The number of nitrogens with one attached hydrogen (secondary N) is 1. The lowest BCUT2D eigenvalue weighted by molar-refractivity contribution is -0.116. The highest BCUT2D eigenvalue weighted by Crippen LogP contribution is 2.23. The number of ketones is 1. The molecule has 0 aliphatic heterocycles. The van der Waals surface area contributed by atoms with Crippen LogP contribution in [0.1, 0.15) is 12.5 Å². The van der Waals surface area contributed by atoms with Gasteiger partial charge >= 0.3 is 0 Å². The lowest BCUT2D eigenvalue weighted by Gasteiger charge is -1.99. The Morgan fingerprint density at radius 1 is 1.57 bits per heavy atom. The number of carbonyl (C=O) groups is 1. The normalized spacial score (nSPS) is 10.7. The number of carbonyl (C=O) groups excluding carboxylic acids is 1. The fourth-order valence-electron chi connectivity index (χ4n) is 1.45. The van der Waals surface area contributed by atoms with Crippen molar-refractivity contribution in [1.29, 1.82) is 0 Å². The molecule has 0 amide bonds. The van der Waals surface area contributed by atoms with Crippen molar-refractivity contribution in [2.45, 2.75) is 13.3 Å². The van der Waals surface area contributed by atoms with E-state index in [0.29, 0.717) is 6.42 Å². The van der Waals surface area contributed by atoms with Crippen LogP contribution >= 0.6 is 15.9 Å². The number of Topliss-reactive ketones (excluding diaryl/α,β-unsaturated/α-hetero) is 1. The molecular formula is C10H9BrN2O. The van der Waals surface area contributed by atoms with E-state index in [9.17, 15) is 4.79 Å². The third kappa shape index (κ3) is 1.70. The van der Waals surface area contributed by atoms with Crippen LogP contribution in [0.2, 0.25) is 0 Å². The average Bonchev–Trinajstić information content (AvgIpc) is 2.50. The fourth-order valence-corrected chi connectivity index (χ4v) is 2.06. The third-order valence-electron chi connectivity index (χ3n) is 1.99. The number of nitrogens with zero attached hydrogens (tertiary/aromatic N) is 1. The molecule has 0 aliphatic rings. The van der Waals surface area contributed by atoms with Crippen LogP contribution in [-0.2, 0) is 11.2 Å². The summed E-state index contributed by atoms with van der Waals surface area (Å²) in [5.74, 6) is 0.163. The van der Waals surface area contributed by atoms with Gasteiger partial charge in [-0.15, -0.1) is 0 Å². The smallest absolute Gasteiger partial charge is 0.134 e. The average molecular weight is 253 g/mol. The van der Waals surface area contributed by atoms with Crippen molar-refractivity contribution < 1.29 is 4.79 Å². The number of aromatic amines is 1. The molecule has 1 aromatic carbocycles. The molecule has 0 fully saturated rings. The summed E-state index contributed by atoms with van der Waals surface area (Å²) in [6, 6.07) is 3.89. The summed E-state index contributed by atoms with van der Waals surface area (Å²) in [4.78, 5) is 18.1. The molecule has 0 atom stereocenters. The van der Waals surface area contributed by atoms with E-state index in [0.717, 1.165) is 21.1 Å². The van der Waals surface area contributed by atoms with Gasteiger partial charge in [0.1, 0.15) is 11.3 Å². The number of hydrogen-bond donors (Lipinski definition) is 1. The predicted molar refractivity (Wildman–Crippen MR) is 58.2 cm³/mol. The maximum absolute atomic E-state index is 11.0. The van der Waals surface area contributed by atoms with Gasteiger partial charge in [0.05, 0.1) is 11.8 Å². The van der Waals surface area contributed by atoms with Crippen molar-refractivity contribution >= 4 is 32.7 Å². The standard InChI is InChI=1S/C10H9BrN2O/c1-6(14)2-7-3-8(11)10-9(4-7)12-5-13-10/h3-5H,2H2,1H3,(H,12,13). The van der Waals surface area contributed by atoms with E-state index in [4.69, 9.17) is 0 Å². The van der Waals surface area contributed by atoms with Crippen LogP contribution in [0, 0.1) is 0 Å².